The third-order valence-electron chi connectivity index (χ3n) is 5.97. The zero-order chi connectivity index (χ0) is 23.0. The van der Waals surface area contributed by atoms with Gasteiger partial charge in [-0.1, -0.05) is 60.7 Å². The topological polar surface area (TPSA) is 54.0 Å². The van der Waals surface area contributed by atoms with Crippen LogP contribution in [0.4, 0.5) is 0 Å². The van der Waals surface area contributed by atoms with Crippen LogP contribution in [0.15, 0.2) is 72.8 Å². The molecule has 5 rings (SSSR count). The van der Waals surface area contributed by atoms with Gasteiger partial charge >= 0.3 is 5.97 Å². The van der Waals surface area contributed by atoms with Crippen LogP contribution in [0.2, 0.25) is 0 Å². The van der Waals surface area contributed by atoms with Crippen molar-refractivity contribution in [3.8, 4) is 16.9 Å². The highest BCUT2D eigenvalue weighted by Crippen LogP contribution is 2.41. The first-order chi connectivity index (χ1) is 16.0. The van der Waals surface area contributed by atoms with Gasteiger partial charge in [-0.05, 0) is 47.7 Å². The van der Waals surface area contributed by atoms with Crippen molar-refractivity contribution >= 4 is 27.5 Å². The van der Waals surface area contributed by atoms with E-state index in [1.165, 1.54) is 0 Å². The quantitative estimate of drug-likeness (QED) is 0.356. The van der Waals surface area contributed by atoms with Crippen LogP contribution in [-0.4, -0.2) is 38.2 Å². The Balaban J connectivity index is 1.60. The summed E-state index contributed by atoms with van der Waals surface area (Å²) >= 11 is 0. The van der Waals surface area contributed by atoms with Crippen LogP contribution in [0.1, 0.15) is 24.2 Å². The first-order valence-electron chi connectivity index (χ1n) is 11.0. The first kappa shape index (κ1) is 21.4. The van der Waals surface area contributed by atoms with Gasteiger partial charge in [-0.2, -0.15) is 0 Å². The second kappa shape index (κ2) is 8.50. The zero-order valence-electron chi connectivity index (χ0n) is 19.0. The number of ether oxygens (including phenoxy) is 4. The summed E-state index contributed by atoms with van der Waals surface area (Å²) in [5, 5.41) is 3.96. The van der Waals surface area contributed by atoms with Crippen molar-refractivity contribution in [2.24, 2.45) is 0 Å². The fraction of sp³-hybridized carbons (Fsp3) is 0.250. The largest absolute Gasteiger partial charge is 0.496 e. The number of methoxy groups -OCH3 is 1. The molecule has 5 heteroatoms. The zero-order valence-corrected chi connectivity index (χ0v) is 19.0. The van der Waals surface area contributed by atoms with Crippen molar-refractivity contribution in [2.75, 3.05) is 20.3 Å². The number of esters is 1. The highest BCUT2D eigenvalue weighted by atomic mass is 16.7. The van der Waals surface area contributed by atoms with Gasteiger partial charge in [0.2, 0.25) is 0 Å². The highest BCUT2D eigenvalue weighted by molar-refractivity contribution is 6.14. The third-order valence-corrected chi connectivity index (χ3v) is 5.97. The number of rotatable bonds is 5. The number of hydrogen-bond donors (Lipinski definition) is 0. The molecule has 1 aliphatic heterocycles. The van der Waals surface area contributed by atoms with E-state index in [1.807, 2.05) is 74.5 Å². The Morgan fingerprint density at radius 2 is 1.73 bits per heavy atom. The first-order valence-corrected chi connectivity index (χ1v) is 11.0. The summed E-state index contributed by atoms with van der Waals surface area (Å²) in [6.07, 6.45) is -0.281. The summed E-state index contributed by atoms with van der Waals surface area (Å²) < 4.78 is 22.8. The Hall–Kier alpha value is -3.41. The number of carbonyl (C=O) groups is 1. The number of hydrogen-bond acceptors (Lipinski definition) is 5. The minimum atomic E-state index is -0.658. The lowest BCUT2D eigenvalue weighted by Crippen LogP contribution is -2.25. The smallest absolute Gasteiger partial charge is 0.338 e. The Morgan fingerprint density at radius 3 is 2.48 bits per heavy atom. The lowest BCUT2D eigenvalue weighted by Gasteiger charge is -2.18. The average Bonchev–Trinajstić information content (AvgIpc) is 3.19. The van der Waals surface area contributed by atoms with Crippen LogP contribution in [0.5, 0.6) is 5.75 Å². The summed E-state index contributed by atoms with van der Waals surface area (Å²) in [4.78, 5) is 13.2. The van der Waals surface area contributed by atoms with Crippen LogP contribution < -0.4 is 4.74 Å². The van der Waals surface area contributed by atoms with Crippen LogP contribution in [0.3, 0.4) is 0 Å². The van der Waals surface area contributed by atoms with E-state index in [-0.39, 0.29) is 18.7 Å². The molecule has 0 saturated carbocycles. The molecule has 0 radical (unpaired) electrons. The summed E-state index contributed by atoms with van der Waals surface area (Å²) in [5.41, 5.74) is 2.39. The lowest BCUT2D eigenvalue weighted by molar-refractivity contribution is -0.142. The normalized spacial score (nSPS) is 17.4. The van der Waals surface area contributed by atoms with Gasteiger partial charge in [-0.15, -0.1) is 0 Å². The molecule has 1 saturated heterocycles. The van der Waals surface area contributed by atoms with Crippen molar-refractivity contribution in [3.05, 3.63) is 78.4 Å². The van der Waals surface area contributed by atoms with Crippen LogP contribution in [0.25, 0.3) is 32.7 Å². The minimum Gasteiger partial charge on any atom is -0.496 e. The van der Waals surface area contributed by atoms with E-state index >= 15 is 0 Å². The van der Waals surface area contributed by atoms with Crippen LogP contribution in [0, 0.1) is 0 Å². The van der Waals surface area contributed by atoms with E-state index < -0.39 is 5.79 Å². The summed E-state index contributed by atoms with van der Waals surface area (Å²) in [7, 11) is 1.67. The van der Waals surface area contributed by atoms with Crippen molar-refractivity contribution in [2.45, 2.75) is 25.7 Å². The van der Waals surface area contributed by atoms with Gasteiger partial charge in [0, 0.05) is 10.9 Å². The lowest BCUT2D eigenvalue weighted by atomic mass is 9.91. The van der Waals surface area contributed by atoms with E-state index in [1.54, 1.807) is 7.11 Å². The van der Waals surface area contributed by atoms with E-state index in [0.717, 1.165) is 38.4 Å². The molecule has 0 aliphatic carbocycles. The number of carbonyl (C=O) groups excluding carboxylic acids is 1. The molecule has 0 bridgehead atoms. The van der Waals surface area contributed by atoms with Gasteiger partial charge in [-0.3, -0.25) is 0 Å². The molecule has 1 fully saturated rings. The molecule has 0 unspecified atom stereocenters. The molecule has 5 nitrogen and oxygen atoms in total. The molecule has 4 aromatic carbocycles. The molecule has 0 spiro atoms. The Bertz CT molecular complexity index is 1340. The predicted molar refractivity (Wildman–Crippen MR) is 129 cm³/mol. The second-order valence-electron chi connectivity index (χ2n) is 8.62. The summed E-state index contributed by atoms with van der Waals surface area (Å²) in [6.45, 7) is 4.24. The van der Waals surface area contributed by atoms with Gasteiger partial charge < -0.3 is 18.9 Å². The summed E-state index contributed by atoms with van der Waals surface area (Å²) in [6, 6.07) is 23.9. The van der Waals surface area contributed by atoms with E-state index in [9.17, 15) is 4.79 Å². The van der Waals surface area contributed by atoms with Crippen molar-refractivity contribution in [1.82, 2.24) is 0 Å². The standard InChI is InChI=1S/C28H26O5/c1-28(2)32-17-20(33-28)16-31-27(29)23-13-7-10-19-9-6-12-22(25(19)23)26-21-11-5-4-8-18(21)14-15-24(26)30-3/h4-15,20H,16-17H2,1-3H3/t20-/m0/s1. The fourth-order valence-electron chi connectivity index (χ4n) is 4.51. The minimum absolute atomic E-state index is 0.137. The molecule has 33 heavy (non-hydrogen) atoms. The molecule has 0 aromatic heterocycles. The average molecular weight is 443 g/mol. The molecule has 0 amide bonds. The maximum absolute atomic E-state index is 13.2. The van der Waals surface area contributed by atoms with Gasteiger partial charge in [0.25, 0.3) is 0 Å². The SMILES string of the molecule is COc1ccc2ccccc2c1-c1cccc2cccc(C(=O)OC[C@H]3COC(C)(C)O3)c12. The highest BCUT2D eigenvalue weighted by Gasteiger charge is 2.33. The number of fused-ring (bicyclic) bond motifs is 2. The molecule has 1 aliphatic rings. The van der Waals surface area contributed by atoms with Crippen LogP contribution in [-0.2, 0) is 14.2 Å². The molecular weight excluding hydrogens is 416 g/mol. The van der Waals surface area contributed by atoms with Gasteiger partial charge in [0.15, 0.2) is 5.79 Å². The van der Waals surface area contributed by atoms with Gasteiger partial charge in [0.1, 0.15) is 18.5 Å². The van der Waals surface area contributed by atoms with Gasteiger partial charge in [-0.25, -0.2) is 4.79 Å². The van der Waals surface area contributed by atoms with E-state index in [0.29, 0.717) is 12.2 Å². The van der Waals surface area contributed by atoms with E-state index in [2.05, 4.69) is 12.1 Å². The van der Waals surface area contributed by atoms with Gasteiger partial charge in [0.05, 0.1) is 19.3 Å². The van der Waals surface area contributed by atoms with Crippen LogP contribution >= 0.6 is 0 Å². The molecular formula is C28H26O5. The second-order valence-corrected chi connectivity index (χ2v) is 8.62. The molecule has 1 atom stereocenters. The van der Waals surface area contributed by atoms with Crippen molar-refractivity contribution in [3.63, 3.8) is 0 Å². The Morgan fingerprint density at radius 1 is 0.970 bits per heavy atom. The fourth-order valence-corrected chi connectivity index (χ4v) is 4.51. The monoisotopic (exact) mass is 442 g/mol. The molecule has 0 N–H and O–H groups in total. The molecule has 168 valence electrons. The maximum atomic E-state index is 13.2. The maximum Gasteiger partial charge on any atom is 0.338 e. The van der Waals surface area contributed by atoms with Crippen molar-refractivity contribution < 1.29 is 23.7 Å². The molecule has 1 heterocycles. The predicted octanol–water partition coefficient (Wildman–Crippen LogP) is 5.98. The summed E-state index contributed by atoms with van der Waals surface area (Å²) in [5.74, 6) is -0.294. The van der Waals surface area contributed by atoms with E-state index in [4.69, 9.17) is 18.9 Å². The third kappa shape index (κ3) is 4.06. The Kier molecular flexibility index (Phi) is 5.52. The Labute approximate surface area is 192 Å². The number of benzene rings is 4. The molecule has 4 aromatic rings. The van der Waals surface area contributed by atoms with Crippen molar-refractivity contribution in [1.29, 1.82) is 0 Å².